The van der Waals surface area contributed by atoms with E-state index in [0.717, 1.165) is 17.7 Å². The SMILES string of the molecule is Nc1ccc2c(c1)N(C(=O)c1cccc(F)c1)CC2. The number of carbonyl (C=O) groups is 1. The summed E-state index contributed by atoms with van der Waals surface area (Å²) in [4.78, 5) is 14.0. The minimum atomic E-state index is -0.405. The zero-order valence-electron chi connectivity index (χ0n) is 10.3. The molecule has 96 valence electrons. The van der Waals surface area contributed by atoms with Crippen LogP contribution in [-0.2, 0) is 6.42 Å². The quantitative estimate of drug-likeness (QED) is 0.797. The number of hydrogen-bond donors (Lipinski definition) is 1. The Hall–Kier alpha value is -2.36. The van der Waals surface area contributed by atoms with Crippen molar-refractivity contribution in [3.8, 4) is 0 Å². The highest BCUT2D eigenvalue weighted by molar-refractivity contribution is 6.07. The Morgan fingerprint density at radius 3 is 2.84 bits per heavy atom. The summed E-state index contributed by atoms with van der Waals surface area (Å²) in [6.45, 7) is 0.605. The van der Waals surface area contributed by atoms with Crippen molar-refractivity contribution in [3.63, 3.8) is 0 Å². The van der Waals surface area contributed by atoms with Crippen LogP contribution in [0.15, 0.2) is 42.5 Å². The molecular weight excluding hydrogens is 243 g/mol. The van der Waals surface area contributed by atoms with E-state index in [2.05, 4.69) is 0 Å². The Morgan fingerprint density at radius 2 is 2.05 bits per heavy atom. The first-order valence-electron chi connectivity index (χ1n) is 6.11. The number of nitrogens with zero attached hydrogens (tertiary/aromatic N) is 1. The largest absolute Gasteiger partial charge is 0.399 e. The lowest BCUT2D eigenvalue weighted by Crippen LogP contribution is -2.28. The van der Waals surface area contributed by atoms with Gasteiger partial charge in [-0.25, -0.2) is 4.39 Å². The summed E-state index contributed by atoms with van der Waals surface area (Å²) in [6.07, 6.45) is 0.802. The average molecular weight is 256 g/mol. The molecule has 1 heterocycles. The zero-order valence-corrected chi connectivity index (χ0v) is 10.3. The third-order valence-corrected chi connectivity index (χ3v) is 3.32. The molecule has 0 saturated carbocycles. The van der Waals surface area contributed by atoms with Crippen LogP contribution in [0.1, 0.15) is 15.9 Å². The predicted octanol–water partition coefficient (Wildman–Crippen LogP) is 2.61. The van der Waals surface area contributed by atoms with Crippen LogP contribution in [0.3, 0.4) is 0 Å². The molecule has 2 aromatic rings. The smallest absolute Gasteiger partial charge is 0.258 e. The highest BCUT2D eigenvalue weighted by Crippen LogP contribution is 2.31. The number of hydrogen-bond acceptors (Lipinski definition) is 2. The van der Waals surface area contributed by atoms with Crippen LogP contribution in [0.4, 0.5) is 15.8 Å². The number of fused-ring (bicyclic) bond motifs is 1. The summed E-state index contributed by atoms with van der Waals surface area (Å²) in [5.74, 6) is -0.596. The third kappa shape index (κ3) is 2.05. The van der Waals surface area contributed by atoms with Crippen LogP contribution >= 0.6 is 0 Å². The van der Waals surface area contributed by atoms with Gasteiger partial charge >= 0.3 is 0 Å². The van der Waals surface area contributed by atoms with Crippen molar-refractivity contribution in [3.05, 3.63) is 59.4 Å². The van der Waals surface area contributed by atoms with Crippen molar-refractivity contribution in [1.29, 1.82) is 0 Å². The Morgan fingerprint density at radius 1 is 1.21 bits per heavy atom. The predicted molar refractivity (Wildman–Crippen MR) is 72.6 cm³/mol. The number of anilines is 2. The number of benzene rings is 2. The number of amides is 1. The molecule has 0 saturated heterocycles. The molecule has 4 heteroatoms. The summed E-state index contributed by atoms with van der Waals surface area (Å²) in [7, 11) is 0. The maximum Gasteiger partial charge on any atom is 0.258 e. The maximum atomic E-state index is 13.2. The molecule has 0 unspecified atom stereocenters. The van der Waals surface area contributed by atoms with Crippen LogP contribution in [0.2, 0.25) is 0 Å². The normalized spacial score (nSPS) is 13.4. The second-order valence-electron chi connectivity index (χ2n) is 4.61. The highest BCUT2D eigenvalue weighted by atomic mass is 19.1. The van der Waals surface area contributed by atoms with E-state index in [0.29, 0.717) is 17.8 Å². The summed E-state index contributed by atoms with van der Waals surface area (Å²) >= 11 is 0. The van der Waals surface area contributed by atoms with Gasteiger partial charge in [-0.2, -0.15) is 0 Å². The van der Waals surface area contributed by atoms with Crippen molar-refractivity contribution in [2.75, 3.05) is 17.2 Å². The van der Waals surface area contributed by atoms with Crippen LogP contribution < -0.4 is 10.6 Å². The summed E-state index contributed by atoms with van der Waals surface area (Å²) in [5, 5.41) is 0. The second kappa shape index (κ2) is 4.39. The van der Waals surface area contributed by atoms with E-state index in [1.165, 1.54) is 12.1 Å². The molecule has 1 amide bonds. The molecule has 1 aliphatic heterocycles. The Balaban J connectivity index is 1.97. The van der Waals surface area contributed by atoms with E-state index >= 15 is 0 Å². The molecule has 0 fully saturated rings. The fourth-order valence-electron chi connectivity index (χ4n) is 2.38. The van der Waals surface area contributed by atoms with Crippen molar-refractivity contribution in [2.45, 2.75) is 6.42 Å². The van der Waals surface area contributed by atoms with Gasteiger partial charge in [-0.3, -0.25) is 4.79 Å². The molecule has 0 aromatic heterocycles. The van der Waals surface area contributed by atoms with E-state index in [-0.39, 0.29) is 5.91 Å². The molecule has 0 radical (unpaired) electrons. The van der Waals surface area contributed by atoms with Gasteiger partial charge < -0.3 is 10.6 Å². The van der Waals surface area contributed by atoms with E-state index in [1.54, 1.807) is 23.1 Å². The van der Waals surface area contributed by atoms with Crippen LogP contribution in [0.25, 0.3) is 0 Å². The first-order valence-corrected chi connectivity index (χ1v) is 6.11. The van der Waals surface area contributed by atoms with E-state index in [1.807, 2.05) is 12.1 Å². The fraction of sp³-hybridized carbons (Fsp3) is 0.133. The zero-order chi connectivity index (χ0) is 13.4. The van der Waals surface area contributed by atoms with Gasteiger partial charge in [-0.15, -0.1) is 0 Å². The van der Waals surface area contributed by atoms with E-state index in [4.69, 9.17) is 5.73 Å². The van der Waals surface area contributed by atoms with Gasteiger partial charge in [0, 0.05) is 23.5 Å². The van der Waals surface area contributed by atoms with Crippen molar-refractivity contribution in [2.24, 2.45) is 0 Å². The van der Waals surface area contributed by atoms with Gasteiger partial charge in [-0.05, 0) is 42.3 Å². The molecule has 0 aliphatic carbocycles. The minimum absolute atomic E-state index is 0.191. The minimum Gasteiger partial charge on any atom is -0.399 e. The molecule has 2 N–H and O–H groups in total. The Kier molecular flexibility index (Phi) is 2.71. The molecule has 0 bridgehead atoms. The molecule has 2 aromatic carbocycles. The molecule has 0 spiro atoms. The molecule has 3 nitrogen and oxygen atoms in total. The lowest BCUT2D eigenvalue weighted by Gasteiger charge is -2.17. The monoisotopic (exact) mass is 256 g/mol. The van der Waals surface area contributed by atoms with Crippen molar-refractivity contribution >= 4 is 17.3 Å². The van der Waals surface area contributed by atoms with Crippen LogP contribution in [0, 0.1) is 5.82 Å². The lowest BCUT2D eigenvalue weighted by molar-refractivity contribution is 0.0989. The standard InChI is InChI=1S/C15H13FN2O/c16-12-3-1-2-11(8-12)15(19)18-7-6-10-4-5-13(17)9-14(10)18/h1-5,8-9H,6-7,17H2. The summed E-state index contributed by atoms with van der Waals surface area (Å²) < 4.78 is 13.2. The molecule has 19 heavy (non-hydrogen) atoms. The third-order valence-electron chi connectivity index (χ3n) is 3.32. The summed E-state index contributed by atoms with van der Waals surface area (Å²) in [5.41, 5.74) is 8.66. The number of carbonyl (C=O) groups excluding carboxylic acids is 1. The Labute approximate surface area is 110 Å². The number of nitrogen functional groups attached to an aromatic ring is 1. The van der Waals surface area contributed by atoms with E-state index < -0.39 is 5.82 Å². The average Bonchev–Trinajstić information content (AvgIpc) is 2.80. The first-order chi connectivity index (χ1) is 9.15. The first kappa shape index (κ1) is 11.7. The molecular formula is C15H13FN2O. The lowest BCUT2D eigenvalue weighted by atomic mass is 10.1. The number of halogens is 1. The van der Waals surface area contributed by atoms with Crippen LogP contribution in [0.5, 0.6) is 0 Å². The molecule has 1 aliphatic rings. The maximum absolute atomic E-state index is 13.2. The topological polar surface area (TPSA) is 46.3 Å². The second-order valence-corrected chi connectivity index (χ2v) is 4.61. The number of rotatable bonds is 1. The van der Waals surface area contributed by atoms with Gasteiger partial charge in [0.05, 0.1) is 0 Å². The van der Waals surface area contributed by atoms with Gasteiger partial charge in [-0.1, -0.05) is 12.1 Å². The number of nitrogens with two attached hydrogens (primary N) is 1. The van der Waals surface area contributed by atoms with Crippen molar-refractivity contribution < 1.29 is 9.18 Å². The summed E-state index contributed by atoms with van der Waals surface area (Å²) in [6, 6.07) is 11.3. The van der Waals surface area contributed by atoms with Gasteiger partial charge in [0.1, 0.15) is 5.82 Å². The fourth-order valence-corrected chi connectivity index (χ4v) is 2.38. The van der Waals surface area contributed by atoms with Crippen LogP contribution in [-0.4, -0.2) is 12.5 Å². The Bertz CT molecular complexity index is 654. The van der Waals surface area contributed by atoms with E-state index in [9.17, 15) is 9.18 Å². The van der Waals surface area contributed by atoms with Gasteiger partial charge in [0.25, 0.3) is 5.91 Å². The van der Waals surface area contributed by atoms with Gasteiger partial charge in [0.2, 0.25) is 0 Å². The highest BCUT2D eigenvalue weighted by Gasteiger charge is 2.25. The molecule has 3 rings (SSSR count). The van der Waals surface area contributed by atoms with Crippen molar-refractivity contribution in [1.82, 2.24) is 0 Å². The van der Waals surface area contributed by atoms with Gasteiger partial charge in [0.15, 0.2) is 0 Å². The molecule has 0 atom stereocenters.